The summed E-state index contributed by atoms with van der Waals surface area (Å²) >= 11 is 5.91. The van der Waals surface area contributed by atoms with E-state index in [1.54, 1.807) is 38.1 Å². The van der Waals surface area contributed by atoms with Crippen LogP contribution in [0.5, 0.6) is 5.75 Å². The lowest BCUT2D eigenvalue weighted by Crippen LogP contribution is -2.42. The van der Waals surface area contributed by atoms with Crippen molar-refractivity contribution in [3.8, 4) is 5.75 Å². The smallest absolute Gasteiger partial charge is 0.305 e. The van der Waals surface area contributed by atoms with Gasteiger partial charge in [-0.2, -0.15) is 0 Å². The van der Waals surface area contributed by atoms with Gasteiger partial charge in [0.2, 0.25) is 0 Å². The minimum absolute atomic E-state index is 0.134. The van der Waals surface area contributed by atoms with Gasteiger partial charge in [0.05, 0.1) is 11.4 Å². The first-order chi connectivity index (χ1) is 8.90. The number of para-hydroxylation sites is 1. The maximum atomic E-state index is 11.8. The van der Waals surface area contributed by atoms with Crippen molar-refractivity contribution in [1.82, 2.24) is 5.32 Å². The topological polar surface area (TPSA) is 75.6 Å². The highest BCUT2D eigenvalue weighted by atomic mass is 35.5. The van der Waals surface area contributed by atoms with Gasteiger partial charge in [-0.15, -0.1) is 0 Å². The SMILES string of the molecule is CC(CC(=O)O)NC(=O)C(C)Oc1ccccc1Cl. The molecule has 0 saturated carbocycles. The fourth-order valence-corrected chi connectivity index (χ4v) is 1.64. The van der Waals surface area contributed by atoms with Crippen LogP contribution in [0.4, 0.5) is 0 Å². The molecule has 104 valence electrons. The molecular weight excluding hydrogens is 270 g/mol. The molecule has 2 atom stereocenters. The molecule has 0 aromatic heterocycles. The van der Waals surface area contributed by atoms with Crippen LogP contribution in [-0.2, 0) is 9.59 Å². The molecule has 19 heavy (non-hydrogen) atoms. The number of hydrogen-bond acceptors (Lipinski definition) is 3. The highest BCUT2D eigenvalue weighted by molar-refractivity contribution is 6.32. The van der Waals surface area contributed by atoms with E-state index in [0.717, 1.165) is 0 Å². The van der Waals surface area contributed by atoms with Crippen molar-refractivity contribution < 1.29 is 19.4 Å². The molecule has 0 bridgehead atoms. The van der Waals surface area contributed by atoms with Crippen LogP contribution >= 0.6 is 11.6 Å². The van der Waals surface area contributed by atoms with Gasteiger partial charge >= 0.3 is 5.97 Å². The first kappa shape index (κ1) is 15.3. The number of rotatable bonds is 6. The Morgan fingerprint density at radius 3 is 2.58 bits per heavy atom. The number of carboxylic acids is 1. The lowest BCUT2D eigenvalue weighted by molar-refractivity contribution is -0.137. The lowest BCUT2D eigenvalue weighted by Gasteiger charge is -2.18. The summed E-state index contributed by atoms with van der Waals surface area (Å²) in [5, 5.41) is 11.6. The monoisotopic (exact) mass is 285 g/mol. The van der Waals surface area contributed by atoms with E-state index >= 15 is 0 Å². The van der Waals surface area contributed by atoms with Crippen molar-refractivity contribution in [2.24, 2.45) is 0 Å². The largest absolute Gasteiger partial charge is 0.481 e. The lowest BCUT2D eigenvalue weighted by atomic mass is 10.2. The molecule has 0 aliphatic heterocycles. The van der Waals surface area contributed by atoms with E-state index in [-0.39, 0.29) is 12.3 Å². The van der Waals surface area contributed by atoms with Crippen molar-refractivity contribution in [2.45, 2.75) is 32.4 Å². The van der Waals surface area contributed by atoms with Gasteiger partial charge in [-0.3, -0.25) is 9.59 Å². The molecule has 5 nitrogen and oxygen atoms in total. The highest BCUT2D eigenvalue weighted by Gasteiger charge is 2.18. The van der Waals surface area contributed by atoms with Crippen LogP contribution in [0.15, 0.2) is 24.3 Å². The van der Waals surface area contributed by atoms with E-state index in [0.29, 0.717) is 10.8 Å². The molecule has 2 unspecified atom stereocenters. The number of ether oxygens (including phenoxy) is 1. The van der Waals surface area contributed by atoms with E-state index in [2.05, 4.69) is 5.32 Å². The summed E-state index contributed by atoms with van der Waals surface area (Å²) < 4.78 is 5.42. The van der Waals surface area contributed by atoms with Crippen molar-refractivity contribution >= 4 is 23.5 Å². The maximum absolute atomic E-state index is 11.8. The second kappa shape index (κ2) is 6.99. The maximum Gasteiger partial charge on any atom is 0.305 e. The molecule has 0 saturated heterocycles. The number of aliphatic carboxylic acids is 1. The van der Waals surface area contributed by atoms with Gasteiger partial charge < -0.3 is 15.2 Å². The summed E-state index contributed by atoms with van der Waals surface area (Å²) in [6.45, 7) is 3.19. The Kier molecular flexibility index (Phi) is 5.63. The molecule has 0 aliphatic carbocycles. The summed E-state index contributed by atoms with van der Waals surface area (Å²) in [5.41, 5.74) is 0. The van der Waals surface area contributed by atoms with Crippen LogP contribution in [-0.4, -0.2) is 29.1 Å². The Labute approximate surface area is 116 Å². The van der Waals surface area contributed by atoms with E-state index in [9.17, 15) is 9.59 Å². The zero-order valence-corrected chi connectivity index (χ0v) is 11.5. The fraction of sp³-hybridized carbons (Fsp3) is 0.385. The Bertz CT molecular complexity index is 464. The van der Waals surface area contributed by atoms with Crippen molar-refractivity contribution in [3.63, 3.8) is 0 Å². The second-order valence-corrected chi connectivity index (χ2v) is 4.61. The molecule has 0 fully saturated rings. The van der Waals surface area contributed by atoms with Crippen LogP contribution in [0.3, 0.4) is 0 Å². The molecule has 1 aromatic rings. The Hall–Kier alpha value is -1.75. The van der Waals surface area contributed by atoms with Gasteiger partial charge in [0.25, 0.3) is 5.91 Å². The number of carboxylic acid groups (broad SMARTS) is 1. The molecular formula is C13H16ClNO4. The molecule has 1 amide bonds. The van der Waals surface area contributed by atoms with Crippen LogP contribution < -0.4 is 10.1 Å². The molecule has 0 heterocycles. The summed E-state index contributed by atoms with van der Waals surface area (Å²) in [4.78, 5) is 22.3. The third-order valence-corrected chi connectivity index (χ3v) is 2.69. The number of benzene rings is 1. The second-order valence-electron chi connectivity index (χ2n) is 4.20. The molecule has 2 N–H and O–H groups in total. The van der Waals surface area contributed by atoms with E-state index in [1.165, 1.54) is 0 Å². The van der Waals surface area contributed by atoms with Crippen LogP contribution in [0.25, 0.3) is 0 Å². The number of halogens is 1. The molecule has 1 rings (SSSR count). The summed E-state index contributed by atoms with van der Waals surface area (Å²) in [7, 11) is 0. The van der Waals surface area contributed by atoms with Gasteiger partial charge in [-0.05, 0) is 26.0 Å². The van der Waals surface area contributed by atoms with Crippen molar-refractivity contribution in [3.05, 3.63) is 29.3 Å². The van der Waals surface area contributed by atoms with Gasteiger partial charge in [-0.25, -0.2) is 0 Å². The summed E-state index contributed by atoms with van der Waals surface area (Å²) in [6, 6.07) is 6.37. The summed E-state index contributed by atoms with van der Waals surface area (Å²) in [5.74, 6) is -0.932. The number of hydrogen-bond donors (Lipinski definition) is 2. The summed E-state index contributed by atoms with van der Waals surface area (Å²) in [6.07, 6.45) is -0.888. The van der Waals surface area contributed by atoms with Crippen LogP contribution in [0, 0.1) is 0 Å². The average molecular weight is 286 g/mol. The molecule has 6 heteroatoms. The minimum Gasteiger partial charge on any atom is -0.481 e. The van der Waals surface area contributed by atoms with Gasteiger partial charge in [0.15, 0.2) is 6.10 Å². The van der Waals surface area contributed by atoms with Crippen LogP contribution in [0.1, 0.15) is 20.3 Å². The Morgan fingerprint density at radius 2 is 2.00 bits per heavy atom. The van der Waals surface area contributed by atoms with Crippen molar-refractivity contribution in [2.75, 3.05) is 0 Å². The van der Waals surface area contributed by atoms with E-state index < -0.39 is 18.1 Å². The number of carbonyl (C=O) groups is 2. The van der Waals surface area contributed by atoms with Gasteiger partial charge in [0, 0.05) is 6.04 Å². The zero-order valence-electron chi connectivity index (χ0n) is 10.7. The minimum atomic E-state index is -0.965. The highest BCUT2D eigenvalue weighted by Crippen LogP contribution is 2.24. The van der Waals surface area contributed by atoms with E-state index in [4.69, 9.17) is 21.4 Å². The average Bonchev–Trinajstić information content (AvgIpc) is 2.30. The quantitative estimate of drug-likeness (QED) is 0.839. The number of carbonyl (C=O) groups excluding carboxylic acids is 1. The Morgan fingerprint density at radius 1 is 1.37 bits per heavy atom. The standard InChI is InChI=1S/C13H16ClNO4/c1-8(7-12(16)17)15-13(18)9(2)19-11-6-4-3-5-10(11)14/h3-6,8-9H,7H2,1-2H3,(H,15,18)(H,16,17). The third kappa shape index (κ3) is 5.18. The van der Waals surface area contributed by atoms with Crippen molar-refractivity contribution in [1.29, 1.82) is 0 Å². The van der Waals surface area contributed by atoms with Gasteiger partial charge in [-0.1, -0.05) is 23.7 Å². The van der Waals surface area contributed by atoms with Crippen LogP contribution in [0.2, 0.25) is 5.02 Å². The van der Waals surface area contributed by atoms with Gasteiger partial charge in [0.1, 0.15) is 5.75 Å². The Balaban J connectivity index is 2.54. The number of amides is 1. The predicted molar refractivity (Wildman–Crippen MR) is 71.4 cm³/mol. The molecule has 1 aromatic carbocycles. The first-order valence-corrected chi connectivity index (χ1v) is 6.21. The fourth-order valence-electron chi connectivity index (χ4n) is 1.46. The predicted octanol–water partition coefficient (Wildman–Crippen LogP) is 2.09. The van der Waals surface area contributed by atoms with E-state index in [1.807, 2.05) is 0 Å². The zero-order chi connectivity index (χ0) is 14.4. The first-order valence-electron chi connectivity index (χ1n) is 5.83. The molecule has 0 spiro atoms. The molecule has 0 aliphatic rings. The normalized spacial score (nSPS) is 13.4. The number of nitrogens with one attached hydrogen (secondary N) is 1. The third-order valence-electron chi connectivity index (χ3n) is 2.38. The molecule has 0 radical (unpaired) electrons.